The van der Waals surface area contributed by atoms with Crippen molar-refractivity contribution < 1.29 is 28.6 Å². The summed E-state index contributed by atoms with van der Waals surface area (Å²) in [6.45, 7) is 11.4. The molecule has 0 bridgehead atoms. The van der Waals surface area contributed by atoms with Crippen molar-refractivity contribution in [2.24, 2.45) is 11.8 Å². The van der Waals surface area contributed by atoms with E-state index in [2.05, 4.69) is 34.6 Å². The van der Waals surface area contributed by atoms with Gasteiger partial charge in [0.1, 0.15) is 13.2 Å². The van der Waals surface area contributed by atoms with Gasteiger partial charge in [-0.3, -0.25) is 14.4 Å². The van der Waals surface area contributed by atoms with Gasteiger partial charge in [0.15, 0.2) is 6.10 Å². The van der Waals surface area contributed by atoms with E-state index >= 15 is 0 Å². The quantitative estimate of drug-likeness (QED) is 0.0343. The highest BCUT2D eigenvalue weighted by molar-refractivity contribution is 5.71. The molecule has 0 fully saturated rings. The SMILES string of the molecule is CCCCCCCCCCCCCCCCCCCC(=O)OC[C@H](COC(=O)CCCCCCCCCCCCCCCC(C)C)OC(=O)CCCCCCCCCCCCCCCC(C)C. The summed E-state index contributed by atoms with van der Waals surface area (Å²) in [6, 6.07) is 0. The molecule has 0 aliphatic carbocycles. The van der Waals surface area contributed by atoms with Crippen LogP contribution in [0, 0.1) is 11.8 Å². The number of carbonyl (C=O) groups is 3. The van der Waals surface area contributed by atoms with Crippen LogP contribution in [0.5, 0.6) is 0 Å². The zero-order valence-electron chi connectivity index (χ0n) is 46.0. The van der Waals surface area contributed by atoms with Crippen LogP contribution >= 0.6 is 0 Å². The molecule has 6 heteroatoms. The molecule has 0 unspecified atom stereocenters. The first-order chi connectivity index (χ1) is 32.7. The molecule has 0 N–H and O–H groups in total. The first-order valence-corrected chi connectivity index (χ1v) is 30.2. The molecule has 0 aromatic heterocycles. The molecule has 0 rings (SSSR count). The van der Waals surface area contributed by atoms with Crippen LogP contribution in [0.2, 0.25) is 0 Å². The fraction of sp³-hybridized carbons (Fsp3) is 0.951. The maximum Gasteiger partial charge on any atom is 0.306 e. The van der Waals surface area contributed by atoms with E-state index in [1.165, 1.54) is 231 Å². The molecule has 0 saturated heterocycles. The lowest BCUT2D eigenvalue weighted by Gasteiger charge is -2.18. The summed E-state index contributed by atoms with van der Waals surface area (Å²) in [6.07, 6.45) is 58.1. The highest BCUT2D eigenvalue weighted by Gasteiger charge is 2.19. The minimum absolute atomic E-state index is 0.0623. The Labute approximate surface area is 418 Å². The van der Waals surface area contributed by atoms with Gasteiger partial charge in [-0.15, -0.1) is 0 Å². The van der Waals surface area contributed by atoms with Gasteiger partial charge >= 0.3 is 17.9 Å². The van der Waals surface area contributed by atoms with Crippen molar-refractivity contribution in [2.75, 3.05) is 13.2 Å². The average Bonchev–Trinajstić information content (AvgIpc) is 3.30. The third-order valence-corrected chi connectivity index (χ3v) is 14.0. The molecule has 0 aromatic rings. The van der Waals surface area contributed by atoms with E-state index in [1.54, 1.807) is 0 Å². The van der Waals surface area contributed by atoms with Gasteiger partial charge in [0.2, 0.25) is 0 Å². The normalized spacial score (nSPS) is 12.0. The molecular weight excluding hydrogens is 829 g/mol. The largest absolute Gasteiger partial charge is 0.462 e. The molecule has 67 heavy (non-hydrogen) atoms. The van der Waals surface area contributed by atoms with Crippen LogP contribution in [-0.4, -0.2) is 37.2 Å². The second kappa shape index (κ2) is 53.8. The van der Waals surface area contributed by atoms with E-state index in [0.29, 0.717) is 19.3 Å². The molecule has 398 valence electrons. The van der Waals surface area contributed by atoms with Gasteiger partial charge in [-0.05, 0) is 31.1 Å². The number of rotatable bonds is 55. The third-order valence-electron chi connectivity index (χ3n) is 14.0. The second-order valence-corrected chi connectivity index (χ2v) is 21.9. The molecule has 0 amide bonds. The molecule has 0 aliphatic rings. The number of hydrogen-bond donors (Lipinski definition) is 0. The highest BCUT2D eigenvalue weighted by atomic mass is 16.6. The van der Waals surface area contributed by atoms with Gasteiger partial charge in [0.25, 0.3) is 0 Å². The Morgan fingerprint density at radius 1 is 0.284 bits per heavy atom. The minimum atomic E-state index is -0.763. The molecule has 0 aliphatic heterocycles. The van der Waals surface area contributed by atoms with Gasteiger partial charge in [0.05, 0.1) is 0 Å². The van der Waals surface area contributed by atoms with Crippen LogP contribution in [0.25, 0.3) is 0 Å². The maximum atomic E-state index is 12.9. The molecule has 0 radical (unpaired) electrons. The van der Waals surface area contributed by atoms with Crippen molar-refractivity contribution in [3.63, 3.8) is 0 Å². The van der Waals surface area contributed by atoms with Gasteiger partial charge < -0.3 is 14.2 Å². The van der Waals surface area contributed by atoms with Crippen LogP contribution in [0.15, 0.2) is 0 Å². The van der Waals surface area contributed by atoms with E-state index in [9.17, 15) is 14.4 Å². The van der Waals surface area contributed by atoms with E-state index in [4.69, 9.17) is 14.2 Å². The number of carbonyl (C=O) groups excluding carboxylic acids is 3. The van der Waals surface area contributed by atoms with E-state index in [1.807, 2.05) is 0 Å². The van der Waals surface area contributed by atoms with Crippen LogP contribution in [-0.2, 0) is 28.6 Å². The van der Waals surface area contributed by atoms with Crippen molar-refractivity contribution in [1.29, 1.82) is 0 Å². The van der Waals surface area contributed by atoms with Crippen LogP contribution < -0.4 is 0 Å². The number of esters is 3. The average molecular weight is 948 g/mol. The Bertz CT molecular complexity index is 1020. The van der Waals surface area contributed by atoms with Crippen molar-refractivity contribution in [3.8, 4) is 0 Å². The smallest absolute Gasteiger partial charge is 0.306 e. The van der Waals surface area contributed by atoms with Crippen molar-refractivity contribution in [1.82, 2.24) is 0 Å². The summed E-state index contributed by atoms with van der Waals surface area (Å²) in [7, 11) is 0. The number of unbranched alkanes of at least 4 members (excludes halogenated alkanes) is 40. The minimum Gasteiger partial charge on any atom is -0.462 e. The van der Waals surface area contributed by atoms with Crippen molar-refractivity contribution >= 4 is 17.9 Å². The fourth-order valence-electron chi connectivity index (χ4n) is 9.40. The molecule has 0 heterocycles. The lowest BCUT2D eigenvalue weighted by Crippen LogP contribution is -2.30. The van der Waals surface area contributed by atoms with Gasteiger partial charge in [-0.1, -0.05) is 304 Å². The third kappa shape index (κ3) is 55.2. The molecule has 0 saturated carbocycles. The lowest BCUT2D eigenvalue weighted by atomic mass is 10.0. The number of hydrogen-bond acceptors (Lipinski definition) is 6. The van der Waals surface area contributed by atoms with Crippen molar-refractivity contribution in [3.05, 3.63) is 0 Å². The summed E-state index contributed by atoms with van der Waals surface area (Å²) in [5, 5.41) is 0. The zero-order chi connectivity index (χ0) is 48.9. The summed E-state index contributed by atoms with van der Waals surface area (Å²) in [5.74, 6) is 0.842. The maximum absolute atomic E-state index is 12.9. The molecular formula is C61H118O6. The monoisotopic (exact) mass is 947 g/mol. The predicted molar refractivity (Wildman–Crippen MR) is 289 cm³/mol. The van der Waals surface area contributed by atoms with Gasteiger partial charge in [-0.2, -0.15) is 0 Å². The van der Waals surface area contributed by atoms with Gasteiger partial charge in [-0.25, -0.2) is 0 Å². The standard InChI is InChI=1S/C61H118O6/c1-6-7-8-9-10-11-12-13-14-15-16-21-26-31-36-41-46-51-59(62)65-54-58(67-61(64)53-48-43-38-33-28-23-18-20-25-30-35-40-45-50-57(4)5)55-66-60(63)52-47-42-37-32-27-22-17-19-24-29-34-39-44-49-56(2)3/h56-58H,6-55H2,1-5H3/t58-/m1/s1. The zero-order valence-corrected chi connectivity index (χ0v) is 46.0. The Hall–Kier alpha value is -1.59. The van der Waals surface area contributed by atoms with E-state index < -0.39 is 6.10 Å². The van der Waals surface area contributed by atoms with Crippen molar-refractivity contribution in [2.45, 2.75) is 349 Å². The molecule has 1 atom stereocenters. The van der Waals surface area contributed by atoms with Crippen LogP contribution in [0.4, 0.5) is 0 Å². The van der Waals surface area contributed by atoms with E-state index in [0.717, 1.165) is 69.6 Å². The first kappa shape index (κ1) is 65.4. The van der Waals surface area contributed by atoms with E-state index in [-0.39, 0.29) is 31.1 Å². The van der Waals surface area contributed by atoms with Crippen LogP contribution in [0.1, 0.15) is 343 Å². The molecule has 6 nitrogen and oxygen atoms in total. The fourth-order valence-corrected chi connectivity index (χ4v) is 9.40. The summed E-state index contributed by atoms with van der Waals surface area (Å²) in [5.41, 5.74) is 0. The topological polar surface area (TPSA) is 78.9 Å². The number of ether oxygens (including phenoxy) is 3. The van der Waals surface area contributed by atoms with Crippen LogP contribution in [0.3, 0.4) is 0 Å². The Balaban J connectivity index is 4.30. The van der Waals surface area contributed by atoms with Gasteiger partial charge in [0, 0.05) is 19.3 Å². The Morgan fingerprint density at radius 2 is 0.493 bits per heavy atom. The second-order valence-electron chi connectivity index (χ2n) is 21.9. The summed E-state index contributed by atoms with van der Waals surface area (Å²) in [4.78, 5) is 38.2. The highest BCUT2D eigenvalue weighted by Crippen LogP contribution is 2.18. The summed E-state index contributed by atoms with van der Waals surface area (Å²) < 4.78 is 16.9. The lowest BCUT2D eigenvalue weighted by molar-refractivity contribution is -0.167. The molecule has 0 spiro atoms. The first-order valence-electron chi connectivity index (χ1n) is 30.2. The predicted octanol–water partition coefficient (Wildman–Crippen LogP) is 20.0. The molecule has 0 aromatic carbocycles. The Kier molecular flexibility index (Phi) is 52.5. The summed E-state index contributed by atoms with van der Waals surface area (Å²) >= 11 is 0. The Morgan fingerprint density at radius 3 is 0.731 bits per heavy atom.